The van der Waals surface area contributed by atoms with Gasteiger partial charge < -0.3 is 10.3 Å². The molecule has 1 aromatic carbocycles. The lowest BCUT2D eigenvalue weighted by Crippen LogP contribution is -2.13. The van der Waals surface area contributed by atoms with Gasteiger partial charge in [0.25, 0.3) is 5.56 Å². The van der Waals surface area contributed by atoms with E-state index in [2.05, 4.69) is 40.4 Å². The van der Waals surface area contributed by atoms with Crippen molar-refractivity contribution in [3.05, 3.63) is 57.6 Å². The first-order valence-electron chi connectivity index (χ1n) is 6.61. The zero-order valence-electron chi connectivity index (χ0n) is 10.9. The Balaban J connectivity index is 1.74. The molecule has 0 saturated heterocycles. The summed E-state index contributed by atoms with van der Waals surface area (Å²) in [6.45, 7) is 2.75. The number of hydrogen-bond donors (Lipinski definition) is 2. The molecule has 19 heavy (non-hydrogen) atoms. The lowest BCUT2D eigenvalue weighted by Gasteiger charge is -2.07. The van der Waals surface area contributed by atoms with Crippen molar-refractivity contribution in [2.24, 2.45) is 0 Å². The van der Waals surface area contributed by atoms with Gasteiger partial charge in [0, 0.05) is 18.5 Å². The van der Waals surface area contributed by atoms with E-state index < -0.39 is 0 Å². The molecule has 0 spiro atoms. The summed E-state index contributed by atoms with van der Waals surface area (Å²) in [5.41, 5.74) is 2.34. The third-order valence-electron chi connectivity index (χ3n) is 3.28. The van der Waals surface area contributed by atoms with Crippen molar-refractivity contribution in [2.75, 3.05) is 5.32 Å². The maximum atomic E-state index is 11.6. The van der Waals surface area contributed by atoms with E-state index in [1.807, 2.05) is 6.07 Å². The van der Waals surface area contributed by atoms with Gasteiger partial charge in [0.2, 0.25) is 0 Å². The second-order valence-corrected chi connectivity index (χ2v) is 5.13. The molecule has 0 amide bonds. The number of hydrogen-bond acceptors (Lipinski definition) is 3. The van der Waals surface area contributed by atoms with E-state index in [0.29, 0.717) is 18.3 Å². The highest BCUT2D eigenvalue weighted by Gasteiger charge is 2.26. The Morgan fingerprint density at radius 2 is 2.21 bits per heavy atom. The molecule has 1 saturated carbocycles. The summed E-state index contributed by atoms with van der Waals surface area (Å²) < 4.78 is 0. The summed E-state index contributed by atoms with van der Waals surface area (Å²) in [7, 11) is 0. The molecule has 4 nitrogen and oxygen atoms in total. The van der Waals surface area contributed by atoms with Crippen LogP contribution in [0, 0.1) is 6.92 Å². The molecule has 2 N–H and O–H groups in total. The molecule has 0 atom stereocenters. The summed E-state index contributed by atoms with van der Waals surface area (Å²) in [5.74, 6) is 1.93. The highest BCUT2D eigenvalue weighted by atomic mass is 16.1. The van der Waals surface area contributed by atoms with Gasteiger partial charge in [-0.25, -0.2) is 4.98 Å². The molecule has 98 valence electrons. The van der Waals surface area contributed by atoms with Gasteiger partial charge in [-0.1, -0.05) is 29.8 Å². The zero-order valence-corrected chi connectivity index (χ0v) is 10.9. The third-order valence-corrected chi connectivity index (χ3v) is 3.28. The second kappa shape index (κ2) is 4.88. The van der Waals surface area contributed by atoms with Crippen molar-refractivity contribution in [3.63, 3.8) is 0 Å². The highest BCUT2D eigenvalue weighted by molar-refractivity contribution is 5.36. The summed E-state index contributed by atoms with van der Waals surface area (Å²) in [6.07, 6.45) is 2.26. The first-order chi connectivity index (χ1) is 9.20. The van der Waals surface area contributed by atoms with Crippen LogP contribution in [0.15, 0.2) is 35.1 Å². The van der Waals surface area contributed by atoms with Crippen molar-refractivity contribution in [2.45, 2.75) is 32.2 Å². The van der Waals surface area contributed by atoms with Crippen molar-refractivity contribution < 1.29 is 0 Å². The summed E-state index contributed by atoms with van der Waals surface area (Å²) in [6, 6.07) is 9.81. The molecule has 0 radical (unpaired) electrons. The van der Waals surface area contributed by atoms with Crippen LogP contribution in [0.4, 0.5) is 5.82 Å². The number of benzene rings is 1. The molecule has 1 aliphatic carbocycles. The Hall–Kier alpha value is -2.10. The number of H-pyrrole nitrogens is 1. The third kappa shape index (κ3) is 3.02. The Morgan fingerprint density at radius 3 is 2.95 bits per heavy atom. The van der Waals surface area contributed by atoms with Gasteiger partial charge in [0.05, 0.1) is 0 Å². The number of nitrogens with zero attached hydrogens (tertiary/aromatic N) is 1. The summed E-state index contributed by atoms with van der Waals surface area (Å²) in [5, 5.41) is 3.22. The molecule has 3 rings (SSSR count). The van der Waals surface area contributed by atoms with Gasteiger partial charge in [-0.3, -0.25) is 4.79 Å². The van der Waals surface area contributed by atoms with E-state index in [9.17, 15) is 4.79 Å². The number of nitrogens with one attached hydrogen (secondary N) is 2. The molecule has 1 aromatic heterocycles. The van der Waals surface area contributed by atoms with Crippen LogP contribution >= 0.6 is 0 Å². The summed E-state index contributed by atoms with van der Waals surface area (Å²) >= 11 is 0. The van der Waals surface area contributed by atoms with Gasteiger partial charge in [-0.2, -0.15) is 0 Å². The fraction of sp³-hybridized carbons (Fsp3) is 0.333. The number of anilines is 1. The number of aromatic nitrogens is 2. The summed E-state index contributed by atoms with van der Waals surface area (Å²) in [4.78, 5) is 18.8. The predicted molar refractivity (Wildman–Crippen MR) is 75.3 cm³/mol. The quantitative estimate of drug-likeness (QED) is 0.882. The molecule has 0 aliphatic heterocycles. The minimum atomic E-state index is -0.0800. The lowest BCUT2D eigenvalue weighted by atomic mass is 10.1. The molecule has 4 heteroatoms. The molecule has 0 unspecified atom stereocenters. The fourth-order valence-corrected chi connectivity index (χ4v) is 2.13. The minimum absolute atomic E-state index is 0.0800. The molecule has 2 aromatic rings. The largest absolute Gasteiger partial charge is 0.366 e. The maximum absolute atomic E-state index is 11.6. The average Bonchev–Trinajstić information content (AvgIpc) is 3.20. The van der Waals surface area contributed by atoms with Gasteiger partial charge in [-0.05, 0) is 25.3 Å². The topological polar surface area (TPSA) is 57.8 Å². The standard InChI is InChI=1S/C15H17N3O/c1-10-3-2-4-11(7-10)9-16-13-8-14(19)18-15(17-13)12-5-6-12/h2-4,7-8,12H,5-6,9H2,1H3,(H2,16,17,18,19). The van der Waals surface area contributed by atoms with Crippen LogP contribution in [0.5, 0.6) is 0 Å². The maximum Gasteiger partial charge on any atom is 0.252 e. The first-order valence-corrected chi connectivity index (χ1v) is 6.61. The van der Waals surface area contributed by atoms with Crippen molar-refractivity contribution >= 4 is 5.82 Å². The van der Waals surface area contributed by atoms with Crippen LogP contribution in [-0.4, -0.2) is 9.97 Å². The van der Waals surface area contributed by atoms with Crippen LogP contribution in [-0.2, 0) is 6.54 Å². The Kier molecular flexibility index (Phi) is 3.07. The number of aromatic amines is 1. The Labute approximate surface area is 111 Å². The highest BCUT2D eigenvalue weighted by Crippen LogP contribution is 2.37. The van der Waals surface area contributed by atoms with E-state index in [4.69, 9.17) is 0 Å². The van der Waals surface area contributed by atoms with Gasteiger partial charge >= 0.3 is 0 Å². The molecule has 0 bridgehead atoms. The van der Waals surface area contributed by atoms with Gasteiger partial charge in [0.1, 0.15) is 11.6 Å². The normalized spacial score (nSPS) is 14.4. The second-order valence-electron chi connectivity index (χ2n) is 5.13. The smallest absolute Gasteiger partial charge is 0.252 e. The van der Waals surface area contributed by atoms with E-state index >= 15 is 0 Å². The van der Waals surface area contributed by atoms with Crippen molar-refractivity contribution in [1.29, 1.82) is 0 Å². The first kappa shape index (κ1) is 12.0. The molecular weight excluding hydrogens is 238 g/mol. The predicted octanol–water partition coefficient (Wildman–Crippen LogP) is 2.57. The minimum Gasteiger partial charge on any atom is -0.366 e. The molecule has 1 aliphatic rings. The fourth-order valence-electron chi connectivity index (χ4n) is 2.13. The van der Waals surface area contributed by atoms with Crippen molar-refractivity contribution in [3.8, 4) is 0 Å². The SMILES string of the molecule is Cc1cccc(CNc2cc(=O)[nH]c(C3CC3)n2)c1. The number of aryl methyl sites for hydroxylation is 1. The Morgan fingerprint density at radius 1 is 1.37 bits per heavy atom. The van der Waals surface area contributed by atoms with Gasteiger partial charge in [-0.15, -0.1) is 0 Å². The zero-order chi connectivity index (χ0) is 13.2. The van der Waals surface area contributed by atoms with E-state index in [-0.39, 0.29) is 5.56 Å². The molecule has 1 fully saturated rings. The van der Waals surface area contributed by atoms with E-state index in [1.165, 1.54) is 17.2 Å². The average molecular weight is 255 g/mol. The van der Waals surface area contributed by atoms with Gasteiger partial charge in [0.15, 0.2) is 0 Å². The lowest BCUT2D eigenvalue weighted by molar-refractivity contribution is 0.903. The van der Waals surface area contributed by atoms with Crippen LogP contribution in [0.2, 0.25) is 0 Å². The number of rotatable bonds is 4. The monoisotopic (exact) mass is 255 g/mol. The van der Waals surface area contributed by atoms with E-state index in [1.54, 1.807) is 0 Å². The van der Waals surface area contributed by atoms with Crippen LogP contribution in [0.25, 0.3) is 0 Å². The molecule has 1 heterocycles. The molecular formula is C15H17N3O. The van der Waals surface area contributed by atoms with Crippen LogP contribution in [0.1, 0.15) is 35.7 Å². The van der Waals surface area contributed by atoms with Crippen LogP contribution < -0.4 is 10.9 Å². The van der Waals surface area contributed by atoms with E-state index in [0.717, 1.165) is 18.7 Å². The Bertz CT molecular complexity index is 644. The van der Waals surface area contributed by atoms with Crippen LogP contribution in [0.3, 0.4) is 0 Å². The van der Waals surface area contributed by atoms with Crippen molar-refractivity contribution in [1.82, 2.24) is 9.97 Å².